The monoisotopic (exact) mass is 285 g/mol. The smallest absolute Gasteiger partial charge is 0.125 e. The first-order valence-electron chi connectivity index (χ1n) is 7.22. The Bertz CT molecular complexity index is 567. The first-order valence-corrected chi connectivity index (χ1v) is 7.22. The van der Waals surface area contributed by atoms with Gasteiger partial charge in [-0.15, -0.1) is 0 Å². The van der Waals surface area contributed by atoms with E-state index in [1.807, 2.05) is 31.2 Å². The van der Waals surface area contributed by atoms with Gasteiger partial charge in [-0.05, 0) is 50.3 Å². The maximum absolute atomic E-state index is 9.50. The molecule has 0 aliphatic carbocycles. The van der Waals surface area contributed by atoms with Crippen LogP contribution in [0, 0.1) is 6.92 Å². The minimum absolute atomic E-state index is 0.0110. The molecule has 0 amide bonds. The third-order valence-electron chi connectivity index (χ3n) is 3.44. The number of aromatic hydroxyl groups is 1. The SMILES string of the molecule is Cc1cc(O)ccc1O[C@H](CCN(C)C)c1ccccc1. The van der Waals surface area contributed by atoms with Crippen LogP contribution in [0.3, 0.4) is 0 Å². The van der Waals surface area contributed by atoms with Crippen molar-refractivity contribution in [3.05, 3.63) is 59.7 Å². The number of phenols is 1. The van der Waals surface area contributed by atoms with Gasteiger partial charge in [-0.2, -0.15) is 0 Å². The number of ether oxygens (including phenoxy) is 1. The Morgan fingerprint density at radius 3 is 2.43 bits per heavy atom. The molecule has 3 heteroatoms. The van der Waals surface area contributed by atoms with E-state index >= 15 is 0 Å². The zero-order chi connectivity index (χ0) is 15.2. The molecular formula is C18H23NO2. The van der Waals surface area contributed by atoms with Gasteiger partial charge in [-0.25, -0.2) is 0 Å². The van der Waals surface area contributed by atoms with Crippen LogP contribution >= 0.6 is 0 Å². The third-order valence-corrected chi connectivity index (χ3v) is 3.44. The van der Waals surface area contributed by atoms with Crippen LogP contribution in [0.15, 0.2) is 48.5 Å². The van der Waals surface area contributed by atoms with Gasteiger partial charge in [-0.3, -0.25) is 0 Å². The molecule has 0 bridgehead atoms. The van der Waals surface area contributed by atoms with Crippen molar-refractivity contribution in [3.63, 3.8) is 0 Å². The van der Waals surface area contributed by atoms with E-state index in [2.05, 4.69) is 31.1 Å². The van der Waals surface area contributed by atoms with Crippen molar-refractivity contribution in [2.24, 2.45) is 0 Å². The van der Waals surface area contributed by atoms with E-state index in [1.165, 1.54) is 5.56 Å². The van der Waals surface area contributed by atoms with E-state index < -0.39 is 0 Å². The Kier molecular flexibility index (Phi) is 5.23. The molecule has 0 aromatic heterocycles. The van der Waals surface area contributed by atoms with Crippen molar-refractivity contribution >= 4 is 0 Å². The molecule has 1 atom stereocenters. The molecule has 3 nitrogen and oxygen atoms in total. The molecule has 0 unspecified atom stereocenters. The molecule has 2 aromatic carbocycles. The van der Waals surface area contributed by atoms with Gasteiger partial charge >= 0.3 is 0 Å². The lowest BCUT2D eigenvalue weighted by Gasteiger charge is -2.22. The topological polar surface area (TPSA) is 32.7 Å². The van der Waals surface area contributed by atoms with Gasteiger partial charge in [-0.1, -0.05) is 30.3 Å². The lowest BCUT2D eigenvalue weighted by Crippen LogP contribution is -2.19. The number of hydrogen-bond donors (Lipinski definition) is 1. The van der Waals surface area contributed by atoms with Crippen LogP contribution in [0.2, 0.25) is 0 Å². The Morgan fingerprint density at radius 1 is 1.10 bits per heavy atom. The van der Waals surface area contributed by atoms with Gasteiger partial charge in [0.2, 0.25) is 0 Å². The van der Waals surface area contributed by atoms with E-state index in [0.29, 0.717) is 0 Å². The average molecular weight is 285 g/mol. The maximum atomic E-state index is 9.50. The molecule has 0 spiro atoms. The third kappa shape index (κ3) is 4.50. The highest BCUT2D eigenvalue weighted by molar-refractivity contribution is 5.39. The fraction of sp³-hybridized carbons (Fsp3) is 0.333. The Morgan fingerprint density at radius 2 is 1.81 bits per heavy atom. The zero-order valence-corrected chi connectivity index (χ0v) is 12.9. The Labute approximate surface area is 126 Å². The van der Waals surface area contributed by atoms with Crippen LogP contribution < -0.4 is 4.74 Å². The lowest BCUT2D eigenvalue weighted by molar-refractivity contribution is 0.178. The number of nitrogens with zero attached hydrogens (tertiary/aromatic N) is 1. The van der Waals surface area contributed by atoms with E-state index in [-0.39, 0.29) is 11.9 Å². The van der Waals surface area contributed by atoms with Gasteiger partial charge in [0.05, 0.1) is 0 Å². The second-order valence-electron chi connectivity index (χ2n) is 5.56. The van der Waals surface area contributed by atoms with Crippen molar-refractivity contribution < 1.29 is 9.84 Å². The van der Waals surface area contributed by atoms with Gasteiger partial charge in [0.25, 0.3) is 0 Å². The van der Waals surface area contributed by atoms with E-state index in [1.54, 1.807) is 12.1 Å². The van der Waals surface area contributed by atoms with Crippen molar-refractivity contribution in [2.45, 2.75) is 19.4 Å². The number of benzene rings is 2. The first kappa shape index (κ1) is 15.4. The van der Waals surface area contributed by atoms with Crippen LogP contribution in [0.4, 0.5) is 0 Å². The molecule has 0 radical (unpaired) electrons. The van der Waals surface area contributed by atoms with Gasteiger partial charge in [0, 0.05) is 13.0 Å². The Hall–Kier alpha value is -2.00. The fourth-order valence-electron chi connectivity index (χ4n) is 2.26. The molecule has 1 N–H and O–H groups in total. The summed E-state index contributed by atoms with van der Waals surface area (Å²) in [6.45, 7) is 2.90. The number of aryl methyl sites for hydroxylation is 1. The zero-order valence-electron chi connectivity index (χ0n) is 12.9. The first-order chi connectivity index (χ1) is 10.1. The van der Waals surface area contributed by atoms with Crippen LogP contribution in [0.1, 0.15) is 23.7 Å². The van der Waals surface area contributed by atoms with Crippen LogP contribution in [-0.2, 0) is 0 Å². The molecule has 0 heterocycles. The average Bonchev–Trinajstić information content (AvgIpc) is 2.46. The largest absolute Gasteiger partial charge is 0.508 e. The van der Waals surface area contributed by atoms with Crippen molar-refractivity contribution in [1.29, 1.82) is 0 Å². The highest BCUT2D eigenvalue weighted by Gasteiger charge is 2.15. The number of phenolic OH excluding ortho intramolecular Hbond substituents is 1. The molecule has 21 heavy (non-hydrogen) atoms. The van der Waals surface area contributed by atoms with Gasteiger partial charge in [0.1, 0.15) is 17.6 Å². The summed E-state index contributed by atoms with van der Waals surface area (Å²) in [5.74, 6) is 1.09. The predicted octanol–water partition coefficient (Wildman–Crippen LogP) is 3.77. The summed E-state index contributed by atoms with van der Waals surface area (Å²) in [4.78, 5) is 2.16. The van der Waals surface area contributed by atoms with Crippen LogP contribution in [0.25, 0.3) is 0 Å². The summed E-state index contributed by atoms with van der Waals surface area (Å²) in [6, 6.07) is 15.5. The summed E-state index contributed by atoms with van der Waals surface area (Å²) >= 11 is 0. The standard InChI is InChI=1S/C18H23NO2/c1-14-13-16(20)9-10-17(14)21-18(11-12-19(2)3)15-7-5-4-6-8-15/h4-10,13,18,20H,11-12H2,1-3H3/t18-/m1/s1. The Balaban J connectivity index is 2.19. The van der Waals surface area contributed by atoms with Crippen molar-refractivity contribution in [3.8, 4) is 11.5 Å². The molecule has 0 aliphatic heterocycles. The molecule has 0 aliphatic rings. The van der Waals surface area contributed by atoms with Crippen LogP contribution in [-0.4, -0.2) is 30.6 Å². The second kappa shape index (κ2) is 7.14. The normalized spacial score (nSPS) is 12.4. The molecule has 0 fully saturated rings. The summed E-state index contributed by atoms with van der Waals surface area (Å²) < 4.78 is 6.20. The summed E-state index contributed by atoms with van der Waals surface area (Å²) in [6.07, 6.45) is 0.925. The lowest BCUT2D eigenvalue weighted by atomic mass is 10.1. The van der Waals surface area contributed by atoms with E-state index in [0.717, 1.165) is 24.3 Å². The minimum atomic E-state index is 0.0110. The fourth-order valence-corrected chi connectivity index (χ4v) is 2.26. The minimum Gasteiger partial charge on any atom is -0.508 e. The summed E-state index contributed by atoms with van der Waals surface area (Å²) in [5.41, 5.74) is 2.12. The predicted molar refractivity (Wildman–Crippen MR) is 85.8 cm³/mol. The number of rotatable bonds is 6. The molecule has 0 saturated heterocycles. The summed E-state index contributed by atoms with van der Waals surface area (Å²) in [5, 5.41) is 9.50. The number of hydrogen-bond acceptors (Lipinski definition) is 3. The molecule has 0 saturated carbocycles. The van der Waals surface area contributed by atoms with Crippen LogP contribution in [0.5, 0.6) is 11.5 Å². The van der Waals surface area contributed by atoms with Crippen molar-refractivity contribution in [2.75, 3.05) is 20.6 Å². The van der Waals surface area contributed by atoms with Gasteiger partial charge in [0.15, 0.2) is 0 Å². The van der Waals surface area contributed by atoms with E-state index in [4.69, 9.17) is 4.74 Å². The second-order valence-corrected chi connectivity index (χ2v) is 5.56. The molecular weight excluding hydrogens is 262 g/mol. The summed E-state index contributed by atoms with van der Waals surface area (Å²) in [7, 11) is 4.13. The quantitative estimate of drug-likeness (QED) is 0.877. The molecule has 2 rings (SSSR count). The van der Waals surface area contributed by atoms with Gasteiger partial charge < -0.3 is 14.7 Å². The molecule has 112 valence electrons. The molecule has 2 aromatic rings. The van der Waals surface area contributed by atoms with E-state index in [9.17, 15) is 5.11 Å². The maximum Gasteiger partial charge on any atom is 0.125 e. The van der Waals surface area contributed by atoms with Crippen molar-refractivity contribution in [1.82, 2.24) is 4.90 Å². The highest BCUT2D eigenvalue weighted by Crippen LogP contribution is 2.29. The highest BCUT2D eigenvalue weighted by atomic mass is 16.5.